The van der Waals surface area contributed by atoms with Gasteiger partial charge in [0.25, 0.3) is 0 Å². The molecule has 4 heteroatoms. The van der Waals surface area contributed by atoms with Gasteiger partial charge >= 0.3 is 0 Å². The van der Waals surface area contributed by atoms with Crippen LogP contribution in [0.5, 0.6) is 11.5 Å². The Hall–Kier alpha value is -1.39. The zero-order valence-electron chi connectivity index (χ0n) is 11.6. The highest BCUT2D eigenvalue weighted by atomic mass is 79.9. The van der Waals surface area contributed by atoms with Crippen LogP contribution in [0.2, 0.25) is 0 Å². The van der Waals surface area contributed by atoms with Crippen LogP contribution in [-0.4, -0.2) is 4.99 Å². The summed E-state index contributed by atoms with van der Waals surface area (Å²) in [5.74, 6) is 1.66. The van der Waals surface area contributed by atoms with Crippen molar-refractivity contribution in [3.8, 4) is 11.5 Å². The predicted molar refractivity (Wildman–Crippen MR) is 93.2 cm³/mol. The number of hydrogen-bond donors (Lipinski definition) is 1. The number of nitrogens with two attached hydrogens (primary N) is 1. The minimum Gasteiger partial charge on any atom is -0.457 e. The quantitative estimate of drug-likeness (QED) is 0.800. The third-order valence-corrected chi connectivity index (χ3v) is 4.64. The molecular formula is C17H16BrNOS. The number of rotatable bonds is 3. The molecule has 1 aliphatic rings. The van der Waals surface area contributed by atoms with Crippen molar-refractivity contribution in [3.05, 3.63) is 57.6 Å². The highest BCUT2D eigenvalue weighted by Gasteiger charge is 2.11. The molecule has 0 fully saturated rings. The maximum Gasteiger partial charge on any atom is 0.128 e. The van der Waals surface area contributed by atoms with Gasteiger partial charge in [-0.15, -0.1) is 0 Å². The molecule has 21 heavy (non-hydrogen) atoms. The molecular weight excluding hydrogens is 346 g/mol. The number of aryl methyl sites for hydroxylation is 2. The molecule has 2 aromatic carbocycles. The van der Waals surface area contributed by atoms with E-state index >= 15 is 0 Å². The van der Waals surface area contributed by atoms with Gasteiger partial charge in [-0.3, -0.25) is 0 Å². The van der Waals surface area contributed by atoms with Crippen molar-refractivity contribution in [1.82, 2.24) is 0 Å². The van der Waals surface area contributed by atoms with Crippen molar-refractivity contribution < 1.29 is 4.74 Å². The maximum atomic E-state index is 5.95. The molecule has 0 aromatic heterocycles. The lowest BCUT2D eigenvalue weighted by Crippen LogP contribution is -2.09. The summed E-state index contributed by atoms with van der Waals surface area (Å²) in [5.41, 5.74) is 9.35. The molecule has 1 aliphatic carbocycles. The third kappa shape index (κ3) is 3.27. The van der Waals surface area contributed by atoms with Gasteiger partial charge in [0, 0.05) is 10.0 Å². The summed E-state index contributed by atoms with van der Waals surface area (Å²) in [5, 5.41) is 0. The first-order valence-corrected chi connectivity index (χ1v) is 8.22. The fourth-order valence-corrected chi connectivity index (χ4v) is 3.55. The summed E-state index contributed by atoms with van der Waals surface area (Å²) in [4.78, 5) is 0.377. The molecule has 3 rings (SSSR count). The van der Waals surface area contributed by atoms with Crippen molar-refractivity contribution in [2.24, 2.45) is 5.73 Å². The Balaban J connectivity index is 1.83. The van der Waals surface area contributed by atoms with Gasteiger partial charge in [0.05, 0.1) is 0 Å². The van der Waals surface area contributed by atoms with E-state index in [1.807, 2.05) is 24.3 Å². The molecule has 0 unspecified atom stereocenters. The van der Waals surface area contributed by atoms with Gasteiger partial charge in [0.2, 0.25) is 0 Å². The fourth-order valence-electron chi connectivity index (χ4n) is 2.67. The molecule has 2 N–H and O–H groups in total. The van der Waals surface area contributed by atoms with Crippen molar-refractivity contribution in [2.45, 2.75) is 25.7 Å². The zero-order chi connectivity index (χ0) is 14.8. The van der Waals surface area contributed by atoms with Gasteiger partial charge < -0.3 is 10.5 Å². The molecule has 0 radical (unpaired) electrons. The lowest BCUT2D eigenvalue weighted by Gasteiger charge is -2.17. The van der Waals surface area contributed by atoms with Crippen molar-refractivity contribution in [3.63, 3.8) is 0 Å². The number of fused-ring (bicyclic) bond motifs is 1. The van der Waals surface area contributed by atoms with Crippen LogP contribution in [0.3, 0.4) is 0 Å². The van der Waals surface area contributed by atoms with Crippen LogP contribution in [0.15, 0.2) is 40.9 Å². The summed E-state index contributed by atoms with van der Waals surface area (Å²) >= 11 is 8.47. The first-order valence-electron chi connectivity index (χ1n) is 7.02. The van der Waals surface area contributed by atoms with Gasteiger partial charge in [-0.05, 0) is 83.1 Å². The van der Waals surface area contributed by atoms with Gasteiger partial charge in [-0.25, -0.2) is 0 Å². The Labute approximate surface area is 138 Å². The highest BCUT2D eigenvalue weighted by molar-refractivity contribution is 9.10. The molecule has 2 nitrogen and oxygen atoms in total. The second-order valence-corrected chi connectivity index (χ2v) is 6.54. The lowest BCUT2D eigenvalue weighted by atomic mass is 9.92. The largest absolute Gasteiger partial charge is 0.457 e. The molecule has 0 atom stereocenters. The average molecular weight is 362 g/mol. The topological polar surface area (TPSA) is 35.2 Å². The molecule has 108 valence electrons. The number of benzene rings is 2. The normalized spacial score (nSPS) is 13.6. The van der Waals surface area contributed by atoms with Gasteiger partial charge in [-0.1, -0.05) is 18.3 Å². The molecule has 0 saturated carbocycles. The first-order chi connectivity index (χ1) is 10.1. The Morgan fingerprint density at radius 1 is 1.00 bits per heavy atom. The van der Waals surface area contributed by atoms with E-state index in [2.05, 4.69) is 28.1 Å². The fraction of sp³-hybridized carbons (Fsp3) is 0.235. The average Bonchev–Trinajstić information content (AvgIpc) is 2.47. The molecule has 2 aromatic rings. The molecule has 0 bridgehead atoms. The van der Waals surface area contributed by atoms with Crippen LogP contribution in [-0.2, 0) is 12.8 Å². The SMILES string of the molecule is NC(=S)c1ccc(Oc2ccc3c(c2)CCCC3)cc1Br. The van der Waals surface area contributed by atoms with E-state index in [0.29, 0.717) is 4.99 Å². The van der Waals surface area contributed by atoms with E-state index in [0.717, 1.165) is 28.0 Å². The van der Waals surface area contributed by atoms with Gasteiger partial charge in [-0.2, -0.15) is 0 Å². The van der Waals surface area contributed by atoms with Crippen molar-refractivity contribution >= 4 is 33.1 Å². The van der Waals surface area contributed by atoms with E-state index in [1.54, 1.807) is 0 Å². The van der Waals surface area contributed by atoms with Crippen LogP contribution in [0.4, 0.5) is 0 Å². The molecule has 0 saturated heterocycles. The number of thiocarbonyl (C=S) groups is 1. The van der Waals surface area contributed by atoms with Crippen LogP contribution < -0.4 is 10.5 Å². The van der Waals surface area contributed by atoms with Crippen LogP contribution in [0, 0.1) is 0 Å². The monoisotopic (exact) mass is 361 g/mol. The summed E-state index contributed by atoms with van der Waals surface area (Å²) in [7, 11) is 0. The number of hydrogen-bond acceptors (Lipinski definition) is 2. The minimum absolute atomic E-state index is 0.377. The standard InChI is InChI=1S/C17H16BrNOS/c18-16-10-14(7-8-15(16)17(19)21)20-13-6-5-11-3-1-2-4-12(11)9-13/h5-10H,1-4H2,(H2,19,21). The van der Waals surface area contributed by atoms with E-state index in [9.17, 15) is 0 Å². The van der Waals surface area contributed by atoms with E-state index in [1.165, 1.54) is 30.4 Å². The van der Waals surface area contributed by atoms with E-state index < -0.39 is 0 Å². The third-order valence-electron chi connectivity index (χ3n) is 3.76. The number of halogens is 1. The maximum absolute atomic E-state index is 5.95. The Kier molecular flexibility index (Phi) is 4.27. The van der Waals surface area contributed by atoms with Gasteiger partial charge in [0.15, 0.2) is 0 Å². The lowest BCUT2D eigenvalue weighted by molar-refractivity contribution is 0.480. The Bertz CT molecular complexity index is 699. The zero-order valence-corrected chi connectivity index (χ0v) is 14.0. The van der Waals surface area contributed by atoms with Crippen LogP contribution in [0.25, 0.3) is 0 Å². The Morgan fingerprint density at radius 2 is 1.67 bits per heavy atom. The van der Waals surface area contributed by atoms with Crippen LogP contribution >= 0.6 is 28.1 Å². The summed E-state index contributed by atoms with van der Waals surface area (Å²) < 4.78 is 6.80. The first kappa shape index (κ1) is 14.5. The number of ether oxygens (including phenoxy) is 1. The molecule has 0 aliphatic heterocycles. The van der Waals surface area contributed by atoms with Crippen molar-refractivity contribution in [2.75, 3.05) is 0 Å². The predicted octanol–water partition coefficient (Wildman–Crippen LogP) is 4.75. The summed E-state index contributed by atoms with van der Waals surface area (Å²) in [6.07, 6.45) is 4.89. The summed E-state index contributed by atoms with van der Waals surface area (Å²) in [6, 6.07) is 12.0. The van der Waals surface area contributed by atoms with E-state index in [4.69, 9.17) is 22.7 Å². The molecule has 0 heterocycles. The van der Waals surface area contributed by atoms with E-state index in [-0.39, 0.29) is 0 Å². The second-order valence-electron chi connectivity index (χ2n) is 5.25. The van der Waals surface area contributed by atoms with Crippen molar-refractivity contribution in [1.29, 1.82) is 0 Å². The highest BCUT2D eigenvalue weighted by Crippen LogP contribution is 2.30. The molecule has 0 amide bonds. The smallest absolute Gasteiger partial charge is 0.128 e. The van der Waals surface area contributed by atoms with Crippen LogP contribution in [0.1, 0.15) is 29.5 Å². The second kappa shape index (κ2) is 6.16. The minimum atomic E-state index is 0.377. The van der Waals surface area contributed by atoms with Gasteiger partial charge in [0.1, 0.15) is 16.5 Å². The molecule has 0 spiro atoms. The summed E-state index contributed by atoms with van der Waals surface area (Å²) in [6.45, 7) is 0. The Morgan fingerprint density at radius 3 is 2.38 bits per heavy atom.